The zero-order chi connectivity index (χ0) is 29.4. The fourth-order valence-electron chi connectivity index (χ4n) is 4.07. The maximum atomic E-state index is 13.5. The number of thioether (sulfide) groups is 1. The summed E-state index contributed by atoms with van der Waals surface area (Å²) in [5.41, 5.74) is -0.286. The van der Waals surface area contributed by atoms with E-state index in [2.05, 4.69) is 10.4 Å². The maximum Gasteiger partial charge on any atom is 0.416 e. The number of aromatic nitrogens is 2. The first-order valence-electron chi connectivity index (χ1n) is 12.2. The molecule has 0 radical (unpaired) electrons. The van der Waals surface area contributed by atoms with Crippen LogP contribution in [0.15, 0.2) is 47.5 Å². The van der Waals surface area contributed by atoms with Crippen molar-refractivity contribution in [3.8, 4) is 0 Å². The number of alkyl carbamates (subject to hydrolysis) is 1. The molecule has 0 spiro atoms. The van der Waals surface area contributed by atoms with Crippen LogP contribution in [0, 0.1) is 0 Å². The van der Waals surface area contributed by atoms with Crippen molar-refractivity contribution in [3.05, 3.63) is 69.2 Å². The number of carbonyl (C=O) groups is 3. The highest BCUT2D eigenvalue weighted by Gasteiger charge is 2.36. The first kappa shape index (κ1) is 29.5. The third-order valence-electron chi connectivity index (χ3n) is 5.75. The molecule has 0 unspecified atom stereocenters. The van der Waals surface area contributed by atoms with Gasteiger partial charge in [0.25, 0.3) is 11.1 Å². The van der Waals surface area contributed by atoms with Crippen molar-refractivity contribution in [2.75, 3.05) is 6.54 Å². The lowest BCUT2D eigenvalue weighted by molar-refractivity contribution is -0.138. The van der Waals surface area contributed by atoms with Gasteiger partial charge in [0, 0.05) is 23.0 Å². The van der Waals surface area contributed by atoms with Crippen molar-refractivity contribution in [1.82, 2.24) is 20.0 Å². The van der Waals surface area contributed by atoms with E-state index in [9.17, 15) is 27.6 Å². The summed E-state index contributed by atoms with van der Waals surface area (Å²) in [7, 11) is 0. The van der Waals surface area contributed by atoms with Crippen LogP contribution in [0.4, 0.5) is 22.8 Å². The molecule has 1 aliphatic rings. The number of hydrogen-bond donors (Lipinski definition) is 1. The summed E-state index contributed by atoms with van der Waals surface area (Å²) in [6, 6.07) is 8.18. The minimum Gasteiger partial charge on any atom is -0.444 e. The average Bonchev–Trinajstić information content (AvgIpc) is 3.33. The number of amides is 3. The summed E-state index contributed by atoms with van der Waals surface area (Å²) < 4.78 is 47.2. The fourth-order valence-corrected chi connectivity index (χ4v) is 5.09. The number of halogens is 4. The molecule has 0 bridgehead atoms. The molecule has 2 heterocycles. The molecule has 1 atom stereocenters. The molecule has 1 aliphatic heterocycles. The second-order valence-electron chi connectivity index (χ2n) is 10.3. The van der Waals surface area contributed by atoms with Gasteiger partial charge in [-0.05, 0) is 80.9 Å². The summed E-state index contributed by atoms with van der Waals surface area (Å²) in [6.07, 6.45) is -2.13. The third kappa shape index (κ3) is 6.97. The van der Waals surface area contributed by atoms with Crippen molar-refractivity contribution >= 4 is 57.6 Å². The number of fused-ring (bicyclic) bond motifs is 1. The van der Waals surface area contributed by atoms with Crippen molar-refractivity contribution in [2.45, 2.75) is 52.1 Å². The van der Waals surface area contributed by atoms with Crippen LogP contribution in [-0.2, 0) is 22.3 Å². The molecular formula is C27H26ClF3N4O4S. The molecule has 0 aliphatic carbocycles. The first-order chi connectivity index (χ1) is 18.6. The normalized spacial score (nSPS) is 16.2. The van der Waals surface area contributed by atoms with Gasteiger partial charge in [-0.25, -0.2) is 4.79 Å². The third-order valence-corrected chi connectivity index (χ3v) is 6.90. The summed E-state index contributed by atoms with van der Waals surface area (Å²) >= 11 is 6.56. The van der Waals surface area contributed by atoms with Crippen LogP contribution < -0.4 is 5.32 Å². The molecule has 8 nitrogen and oxygen atoms in total. The molecule has 1 fully saturated rings. The Labute approximate surface area is 237 Å². The van der Waals surface area contributed by atoms with Gasteiger partial charge in [0.05, 0.1) is 28.7 Å². The number of benzene rings is 2. The average molecular weight is 595 g/mol. The lowest BCUT2D eigenvalue weighted by Crippen LogP contribution is -2.45. The van der Waals surface area contributed by atoms with Crippen LogP contribution in [0.3, 0.4) is 0 Å². The number of nitrogens with one attached hydrogen (secondary N) is 1. The van der Waals surface area contributed by atoms with Crippen LogP contribution in [0.2, 0.25) is 5.02 Å². The second-order valence-corrected chi connectivity index (χ2v) is 11.7. The molecule has 1 aromatic heterocycles. The van der Waals surface area contributed by atoms with Crippen LogP contribution in [-0.4, -0.2) is 50.1 Å². The molecule has 4 rings (SSSR count). The van der Waals surface area contributed by atoms with Gasteiger partial charge in [-0.2, -0.15) is 18.3 Å². The van der Waals surface area contributed by atoms with E-state index < -0.39 is 40.6 Å². The van der Waals surface area contributed by atoms with Gasteiger partial charge < -0.3 is 10.1 Å². The van der Waals surface area contributed by atoms with Gasteiger partial charge in [-0.15, -0.1) is 0 Å². The van der Waals surface area contributed by atoms with Crippen LogP contribution in [0.1, 0.15) is 44.4 Å². The number of rotatable bonds is 6. The Balaban J connectivity index is 1.48. The zero-order valence-electron chi connectivity index (χ0n) is 22.0. The molecule has 3 amide bonds. The quantitative estimate of drug-likeness (QED) is 0.319. The van der Waals surface area contributed by atoms with Crippen LogP contribution in [0.5, 0.6) is 0 Å². The molecule has 212 valence electrons. The predicted molar refractivity (Wildman–Crippen MR) is 147 cm³/mol. The Kier molecular flexibility index (Phi) is 8.23. The van der Waals surface area contributed by atoms with Crippen molar-refractivity contribution in [3.63, 3.8) is 0 Å². The predicted octanol–water partition coefficient (Wildman–Crippen LogP) is 6.71. The lowest BCUT2D eigenvalue weighted by Gasteiger charge is -2.23. The number of carbonyl (C=O) groups excluding carboxylic acids is 3. The zero-order valence-corrected chi connectivity index (χ0v) is 23.6. The lowest BCUT2D eigenvalue weighted by atomic mass is 10.1. The molecular weight excluding hydrogens is 569 g/mol. The Morgan fingerprint density at radius 1 is 1.18 bits per heavy atom. The minimum atomic E-state index is -4.57. The van der Waals surface area contributed by atoms with E-state index in [1.807, 2.05) is 0 Å². The van der Waals surface area contributed by atoms with Crippen LogP contribution in [0.25, 0.3) is 17.0 Å². The van der Waals surface area contributed by atoms with Gasteiger partial charge in [0.1, 0.15) is 5.60 Å². The number of ether oxygens (including phenoxy) is 1. The molecule has 1 N–H and O–H groups in total. The number of hydrogen-bond acceptors (Lipinski definition) is 6. The van der Waals surface area contributed by atoms with E-state index in [0.717, 1.165) is 22.7 Å². The molecule has 2 aromatic carbocycles. The SMILES string of the molecule is C[C@@H](CN1C(=O)SC(=Cc2ccc3c(cnn3Cc3ccc(Cl)cc3C(F)(F)F)c2)C1=O)NC(=O)OC(C)(C)C. The van der Waals surface area contributed by atoms with Gasteiger partial charge in [-0.1, -0.05) is 23.7 Å². The highest BCUT2D eigenvalue weighted by Crippen LogP contribution is 2.35. The van der Waals surface area contributed by atoms with Crippen LogP contribution >= 0.6 is 23.4 Å². The fraction of sp³-hybridized carbons (Fsp3) is 0.333. The molecule has 3 aromatic rings. The van der Waals surface area contributed by atoms with Crippen molar-refractivity contribution in [1.29, 1.82) is 0 Å². The molecule has 0 saturated carbocycles. The molecule has 1 saturated heterocycles. The molecule has 13 heteroatoms. The van der Waals surface area contributed by atoms with Gasteiger partial charge >= 0.3 is 12.3 Å². The molecule has 40 heavy (non-hydrogen) atoms. The van der Waals surface area contributed by atoms with E-state index in [1.54, 1.807) is 52.0 Å². The number of alkyl halides is 3. The Bertz CT molecular complexity index is 1510. The Hall–Kier alpha value is -3.51. The van der Waals surface area contributed by atoms with E-state index in [-0.39, 0.29) is 28.6 Å². The van der Waals surface area contributed by atoms with E-state index in [1.165, 1.54) is 23.0 Å². The standard InChI is InChI=1S/C27H26ClF3N4O4S/c1-15(33-24(37)39-26(2,3)4)13-34-23(36)22(40-25(34)38)10-16-5-8-21-18(9-16)12-32-35(21)14-17-6-7-19(28)11-20(17)27(29,30)31/h5-12,15H,13-14H2,1-4H3,(H,33,37)/t15-/m0/s1. The van der Waals surface area contributed by atoms with Gasteiger partial charge in [-0.3, -0.25) is 19.2 Å². The highest BCUT2D eigenvalue weighted by molar-refractivity contribution is 8.18. The topological polar surface area (TPSA) is 93.5 Å². The monoisotopic (exact) mass is 594 g/mol. The summed E-state index contributed by atoms with van der Waals surface area (Å²) in [5.74, 6) is -0.494. The Morgan fingerprint density at radius 2 is 1.90 bits per heavy atom. The number of imide groups is 1. The smallest absolute Gasteiger partial charge is 0.416 e. The van der Waals surface area contributed by atoms with Crippen molar-refractivity contribution < 1.29 is 32.3 Å². The van der Waals surface area contributed by atoms with Gasteiger partial charge in [0.15, 0.2) is 0 Å². The largest absolute Gasteiger partial charge is 0.444 e. The summed E-state index contributed by atoms with van der Waals surface area (Å²) in [4.78, 5) is 38.7. The highest BCUT2D eigenvalue weighted by atomic mass is 35.5. The summed E-state index contributed by atoms with van der Waals surface area (Å²) in [6.45, 7) is 6.68. The number of nitrogens with zero attached hydrogens (tertiary/aromatic N) is 3. The second kappa shape index (κ2) is 11.2. The van der Waals surface area contributed by atoms with Crippen molar-refractivity contribution in [2.24, 2.45) is 0 Å². The summed E-state index contributed by atoms with van der Waals surface area (Å²) in [5, 5.41) is 7.02. The van der Waals surface area contributed by atoms with E-state index in [0.29, 0.717) is 16.5 Å². The maximum absolute atomic E-state index is 13.5. The first-order valence-corrected chi connectivity index (χ1v) is 13.4. The van der Waals surface area contributed by atoms with E-state index >= 15 is 0 Å². The Morgan fingerprint density at radius 3 is 2.58 bits per heavy atom. The van der Waals surface area contributed by atoms with Gasteiger partial charge in [0.2, 0.25) is 0 Å². The minimum absolute atomic E-state index is 0.00999. The van der Waals surface area contributed by atoms with E-state index in [4.69, 9.17) is 16.3 Å².